The van der Waals surface area contributed by atoms with Crippen molar-refractivity contribution in [1.82, 2.24) is 0 Å². The van der Waals surface area contributed by atoms with Crippen molar-refractivity contribution in [2.24, 2.45) is 5.41 Å². The number of anilines is 1. The van der Waals surface area contributed by atoms with Crippen molar-refractivity contribution in [3.63, 3.8) is 0 Å². The van der Waals surface area contributed by atoms with Crippen LogP contribution in [0.15, 0.2) is 54.6 Å². The molecule has 21 heavy (non-hydrogen) atoms. The van der Waals surface area contributed by atoms with Gasteiger partial charge in [0.1, 0.15) is 0 Å². The maximum Gasteiger partial charge on any atom is 0.232 e. The molecule has 0 aliphatic carbocycles. The molecule has 0 aromatic heterocycles. The molecule has 2 heteroatoms. The number of carbonyl (C=O) groups is 1. The fraction of sp³-hybridized carbons (Fsp3) is 0.316. The average Bonchev–Trinajstić information content (AvgIpc) is 2.45. The standard InChI is InChI=1S/C19H21NO/c1-19(2,3)17-14-11-7-8-12-15(14)20-18(21)16(17)13-9-5-4-6-10-13/h4-12,16-17H,1-3H3,(H,20,21). The van der Waals surface area contributed by atoms with E-state index in [4.69, 9.17) is 0 Å². The van der Waals surface area contributed by atoms with E-state index in [9.17, 15) is 4.79 Å². The molecular weight excluding hydrogens is 258 g/mol. The number of rotatable bonds is 1. The Balaban J connectivity index is 2.17. The largest absolute Gasteiger partial charge is 0.325 e. The number of amides is 1. The minimum atomic E-state index is -0.138. The molecule has 1 amide bonds. The van der Waals surface area contributed by atoms with Crippen LogP contribution in [0.2, 0.25) is 0 Å². The highest BCUT2D eigenvalue weighted by Crippen LogP contribution is 2.50. The summed E-state index contributed by atoms with van der Waals surface area (Å²) in [6.07, 6.45) is 0. The molecule has 2 aromatic rings. The molecule has 2 aromatic carbocycles. The summed E-state index contributed by atoms with van der Waals surface area (Å²) in [7, 11) is 0. The second kappa shape index (κ2) is 5.03. The molecule has 1 aliphatic heterocycles. The predicted octanol–water partition coefficient (Wildman–Crippen LogP) is 4.55. The molecule has 108 valence electrons. The molecule has 2 nitrogen and oxygen atoms in total. The van der Waals surface area contributed by atoms with E-state index < -0.39 is 0 Å². The van der Waals surface area contributed by atoms with Gasteiger partial charge in [0.2, 0.25) is 5.91 Å². The van der Waals surface area contributed by atoms with E-state index in [2.05, 4.69) is 50.4 Å². The van der Waals surface area contributed by atoms with Gasteiger partial charge in [0.05, 0.1) is 5.92 Å². The van der Waals surface area contributed by atoms with E-state index in [-0.39, 0.29) is 23.2 Å². The highest BCUT2D eigenvalue weighted by molar-refractivity contribution is 6.00. The molecule has 0 saturated carbocycles. The number of para-hydroxylation sites is 1. The van der Waals surface area contributed by atoms with Crippen molar-refractivity contribution in [3.8, 4) is 0 Å². The third-order valence-electron chi connectivity index (χ3n) is 4.26. The first kappa shape index (κ1) is 13.9. The predicted molar refractivity (Wildman–Crippen MR) is 86.5 cm³/mol. The van der Waals surface area contributed by atoms with Crippen molar-refractivity contribution < 1.29 is 4.79 Å². The lowest BCUT2D eigenvalue weighted by Gasteiger charge is -2.41. The normalized spacial score (nSPS) is 21.6. The monoisotopic (exact) mass is 279 g/mol. The van der Waals surface area contributed by atoms with Crippen LogP contribution in [-0.2, 0) is 4.79 Å². The summed E-state index contributed by atoms with van der Waals surface area (Å²) in [6, 6.07) is 18.3. The Morgan fingerprint density at radius 2 is 1.52 bits per heavy atom. The molecule has 0 radical (unpaired) electrons. The minimum Gasteiger partial charge on any atom is -0.325 e. The third-order valence-corrected chi connectivity index (χ3v) is 4.26. The fourth-order valence-corrected chi connectivity index (χ4v) is 3.39. The third kappa shape index (κ3) is 2.46. The van der Waals surface area contributed by atoms with Gasteiger partial charge in [0.15, 0.2) is 0 Å². The molecule has 1 aliphatic rings. The summed E-state index contributed by atoms with van der Waals surface area (Å²) in [5.74, 6) is 0.130. The van der Waals surface area contributed by atoms with Crippen LogP contribution in [0.5, 0.6) is 0 Å². The van der Waals surface area contributed by atoms with Crippen LogP contribution in [-0.4, -0.2) is 5.91 Å². The smallest absolute Gasteiger partial charge is 0.232 e. The minimum absolute atomic E-state index is 0.00830. The molecule has 0 saturated heterocycles. The topological polar surface area (TPSA) is 29.1 Å². The van der Waals surface area contributed by atoms with Crippen LogP contribution < -0.4 is 5.32 Å². The van der Waals surface area contributed by atoms with E-state index >= 15 is 0 Å². The van der Waals surface area contributed by atoms with Crippen molar-refractivity contribution in [2.75, 3.05) is 5.32 Å². The first-order valence-corrected chi connectivity index (χ1v) is 7.43. The number of hydrogen-bond acceptors (Lipinski definition) is 1. The van der Waals surface area contributed by atoms with Crippen LogP contribution in [0, 0.1) is 5.41 Å². The van der Waals surface area contributed by atoms with Gasteiger partial charge in [0.25, 0.3) is 0 Å². The van der Waals surface area contributed by atoms with E-state index in [0.29, 0.717) is 0 Å². The van der Waals surface area contributed by atoms with E-state index in [1.807, 2.05) is 30.3 Å². The first-order chi connectivity index (χ1) is 9.98. The van der Waals surface area contributed by atoms with Crippen LogP contribution >= 0.6 is 0 Å². The summed E-state index contributed by atoms with van der Waals surface area (Å²) in [6.45, 7) is 6.63. The SMILES string of the molecule is CC(C)(C)C1c2ccccc2NC(=O)C1c1ccccc1. The summed E-state index contributed by atoms with van der Waals surface area (Å²) in [5.41, 5.74) is 3.28. The summed E-state index contributed by atoms with van der Waals surface area (Å²) in [4.78, 5) is 12.7. The van der Waals surface area contributed by atoms with Gasteiger partial charge in [0, 0.05) is 11.6 Å². The Kier molecular flexibility index (Phi) is 3.32. The Hall–Kier alpha value is -2.09. The molecule has 1 N–H and O–H groups in total. The van der Waals surface area contributed by atoms with E-state index in [1.165, 1.54) is 5.56 Å². The molecule has 0 fully saturated rings. The molecular formula is C19H21NO. The van der Waals surface area contributed by atoms with Crippen molar-refractivity contribution in [3.05, 3.63) is 65.7 Å². The molecule has 2 unspecified atom stereocenters. The number of hydrogen-bond donors (Lipinski definition) is 1. The summed E-state index contributed by atoms with van der Waals surface area (Å²) < 4.78 is 0. The quantitative estimate of drug-likeness (QED) is 0.815. The van der Waals surface area contributed by atoms with Crippen molar-refractivity contribution in [2.45, 2.75) is 32.6 Å². The molecule has 1 heterocycles. The Morgan fingerprint density at radius 1 is 0.905 bits per heavy atom. The zero-order valence-corrected chi connectivity index (χ0v) is 12.8. The van der Waals surface area contributed by atoms with Crippen LogP contribution in [0.3, 0.4) is 0 Å². The van der Waals surface area contributed by atoms with Crippen LogP contribution in [0.25, 0.3) is 0 Å². The molecule has 3 rings (SSSR count). The van der Waals surface area contributed by atoms with E-state index in [1.54, 1.807) is 0 Å². The molecule has 0 spiro atoms. The molecule has 2 atom stereocenters. The number of nitrogens with one attached hydrogen (secondary N) is 1. The van der Waals surface area contributed by atoms with Crippen LogP contribution in [0.1, 0.15) is 43.7 Å². The average molecular weight is 279 g/mol. The number of fused-ring (bicyclic) bond motifs is 1. The number of benzene rings is 2. The zero-order chi connectivity index (χ0) is 15.0. The lowest BCUT2D eigenvalue weighted by molar-refractivity contribution is -0.119. The Labute approximate surface area is 126 Å². The fourth-order valence-electron chi connectivity index (χ4n) is 3.39. The van der Waals surface area contributed by atoms with Gasteiger partial charge >= 0.3 is 0 Å². The second-order valence-corrected chi connectivity index (χ2v) is 6.81. The molecule has 0 bridgehead atoms. The van der Waals surface area contributed by atoms with Gasteiger partial charge in [-0.25, -0.2) is 0 Å². The van der Waals surface area contributed by atoms with Crippen LogP contribution in [0.4, 0.5) is 5.69 Å². The van der Waals surface area contributed by atoms with Crippen molar-refractivity contribution >= 4 is 11.6 Å². The van der Waals surface area contributed by atoms with Gasteiger partial charge in [-0.3, -0.25) is 4.79 Å². The van der Waals surface area contributed by atoms with Gasteiger partial charge in [-0.05, 0) is 22.6 Å². The number of carbonyl (C=O) groups excluding carboxylic acids is 1. The lowest BCUT2D eigenvalue weighted by atomic mass is 9.65. The summed E-state index contributed by atoms with van der Waals surface area (Å²) in [5, 5.41) is 3.07. The highest BCUT2D eigenvalue weighted by atomic mass is 16.2. The Bertz CT molecular complexity index is 655. The maximum atomic E-state index is 12.7. The first-order valence-electron chi connectivity index (χ1n) is 7.43. The van der Waals surface area contributed by atoms with Gasteiger partial charge in [-0.15, -0.1) is 0 Å². The van der Waals surface area contributed by atoms with Gasteiger partial charge in [-0.2, -0.15) is 0 Å². The maximum absolute atomic E-state index is 12.7. The van der Waals surface area contributed by atoms with Gasteiger partial charge < -0.3 is 5.32 Å². The Morgan fingerprint density at radius 3 is 2.19 bits per heavy atom. The van der Waals surface area contributed by atoms with E-state index in [0.717, 1.165) is 11.3 Å². The summed E-state index contributed by atoms with van der Waals surface area (Å²) >= 11 is 0. The lowest BCUT2D eigenvalue weighted by Crippen LogP contribution is -2.37. The second-order valence-electron chi connectivity index (χ2n) is 6.81. The van der Waals surface area contributed by atoms with Crippen molar-refractivity contribution in [1.29, 1.82) is 0 Å². The van der Waals surface area contributed by atoms with Gasteiger partial charge in [-0.1, -0.05) is 69.3 Å². The zero-order valence-electron chi connectivity index (χ0n) is 12.8. The highest BCUT2D eigenvalue weighted by Gasteiger charge is 2.42.